The second-order valence-electron chi connectivity index (χ2n) is 3.95. The summed E-state index contributed by atoms with van der Waals surface area (Å²) in [5, 5.41) is 8.84. The van der Waals surface area contributed by atoms with E-state index in [-0.39, 0.29) is 10.6 Å². The number of rotatable bonds is 4. The molecule has 0 radical (unpaired) electrons. The zero-order valence-electron chi connectivity index (χ0n) is 10.6. The first-order chi connectivity index (χ1) is 9.52. The number of aryl methyl sites for hydroxylation is 1. The van der Waals surface area contributed by atoms with Crippen LogP contribution in [0, 0.1) is 11.6 Å². The highest BCUT2D eigenvalue weighted by atomic mass is 32.1. The number of halogens is 2. The topological polar surface area (TPSA) is 50.2 Å². The molecule has 0 amide bonds. The molecule has 0 saturated heterocycles. The summed E-state index contributed by atoms with van der Waals surface area (Å²) in [5.74, 6) is -2.45. The normalized spacial score (nSPS) is 11.2. The predicted molar refractivity (Wildman–Crippen MR) is 73.5 cm³/mol. The average Bonchev–Trinajstić information content (AvgIpc) is 2.79. The lowest BCUT2D eigenvalue weighted by molar-refractivity contribution is -0.131. The zero-order valence-corrected chi connectivity index (χ0v) is 11.4. The van der Waals surface area contributed by atoms with Crippen molar-refractivity contribution in [3.05, 3.63) is 46.5 Å². The van der Waals surface area contributed by atoms with Crippen molar-refractivity contribution in [1.29, 1.82) is 0 Å². The number of aliphatic carboxylic acids is 1. The van der Waals surface area contributed by atoms with Crippen LogP contribution >= 0.6 is 11.3 Å². The molecule has 1 aromatic heterocycles. The SMILES string of the molecule is CCc1nc(-c2c(F)cccc2F)sc1/C=C/C(=O)O. The smallest absolute Gasteiger partial charge is 0.328 e. The number of carboxylic acids is 1. The second kappa shape index (κ2) is 5.92. The summed E-state index contributed by atoms with van der Waals surface area (Å²) in [7, 11) is 0. The molecule has 0 aliphatic heterocycles. The van der Waals surface area contributed by atoms with E-state index in [0.717, 1.165) is 29.5 Å². The van der Waals surface area contributed by atoms with Crippen molar-refractivity contribution < 1.29 is 18.7 Å². The maximum atomic E-state index is 13.7. The van der Waals surface area contributed by atoms with E-state index in [1.165, 1.54) is 12.1 Å². The van der Waals surface area contributed by atoms with Crippen molar-refractivity contribution >= 4 is 23.4 Å². The molecular weight excluding hydrogens is 284 g/mol. The summed E-state index contributed by atoms with van der Waals surface area (Å²) < 4.78 is 27.4. The van der Waals surface area contributed by atoms with E-state index < -0.39 is 17.6 Å². The number of nitrogens with zero attached hydrogens (tertiary/aromatic N) is 1. The Morgan fingerprint density at radius 2 is 2.05 bits per heavy atom. The first kappa shape index (κ1) is 14.3. The Morgan fingerprint density at radius 1 is 1.40 bits per heavy atom. The van der Waals surface area contributed by atoms with Crippen LogP contribution in [0.2, 0.25) is 0 Å². The lowest BCUT2D eigenvalue weighted by atomic mass is 10.2. The molecule has 0 bridgehead atoms. The first-order valence-corrected chi connectivity index (χ1v) is 6.69. The number of hydrogen-bond donors (Lipinski definition) is 1. The molecule has 0 saturated carbocycles. The van der Waals surface area contributed by atoms with Gasteiger partial charge in [0, 0.05) is 6.08 Å². The monoisotopic (exact) mass is 295 g/mol. The Bertz CT molecular complexity index is 660. The molecule has 0 fully saturated rings. The van der Waals surface area contributed by atoms with Crippen LogP contribution in [0.5, 0.6) is 0 Å². The molecule has 0 atom stereocenters. The van der Waals surface area contributed by atoms with Gasteiger partial charge in [-0.3, -0.25) is 0 Å². The van der Waals surface area contributed by atoms with Gasteiger partial charge in [0.15, 0.2) is 0 Å². The highest BCUT2D eigenvalue weighted by Crippen LogP contribution is 2.32. The summed E-state index contributed by atoms with van der Waals surface area (Å²) in [6.07, 6.45) is 2.92. The standard InChI is InChI=1S/C14H11F2NO2S/c1-2-10-11(6-7-12(18)19)20-14(17-10)13-8(15)4-3-5-9(13)16/h3-7H,2H2,1H3,(H,18,19)/b7-6+. The van der Waals surface area contributed by atoms with E-state index in [4.69, 9.17) is 5.11 Å². The summed E-state index contributed by atoms with van der Waals surface area (Å²) in [6, 6.07) is 3.62. The minimum Gasteiger partial charge on any atom is -0.478 e. The van der Waals surface area contributed by atoms with Gasteiger partial charge >= 0.3 is 5.97 Å². The summed E-state index contributed by atoms with van der Waals surface area (Å²) in [4.78, 5) is 15.3. The fraction of sp³-hybridized carbons (Fsp3) is 0.143. The minimum absolute atomic E-state index is 0.179. The molecule has 2 aromatic rings. The van der Waals surface area contributed by atoms with E-state index in [1.54, 1.807) is 0 Å². The number of hydrogen-bond acceptors (Lipinski definition) is 3. The number of benzene rings is 1. The van der Waals surface area contributed by atoms with Crippen molar-refractivity contribution in [2.24, 2.45) is 0 Å². The van der Waals surface area contributed by atoms with E-state index in [9.17, 15) is 13.6 Å². The Kier molecular flexibility index (Phi) is 4.24. The van der Waals surface area contributed by atoms with Crippen LogP contribution in [0.15, 0.2) is 24.3 Å². The molecule has 20 heavy (non-hydrogen) atoms. The zero-order chi connectivity index (χ0) is 14.7. The molecule has 0 aliphatic carbocycles. The maximum absolute atomic E-state index is 13.7. The highest BCUT2D eigenvalue weighted by Gasteiger charge is 2.17. The number of aromatic nitrogens is 1. The van der Waals surface area contributed by atoms with Crippen molar-refractivity contribution in [3.8, 4) is 10.6 Å². The van der Waals surface area contributed by atoms with Crippen LogP contribution in [-0.4, -0.2) is 16.1 Å². The van der Waals surface area contributed by atoms with Gasteiger partial charge in [-0.1, -0.05) is 13.0 Å². The number of thiazole rings is 1. The van der Waals surface area contributed by atoms with Crippen molar-refractivity contribution in [2.45, 2.75) is 13.3 Å². The Morgan fingerprint density at radius 3 is 2.60 bits per heavy atom. The first-order valence-electron chi connectivity index (χ1n) is 5.88. The maximum Gasteiger partial charge on any atom is 0.328 e. The van der Waals surface area contributed by atoms with Crippen molar-refractivity contribution in [2.75, 3.05) is 0 Å². The Hall–Kier alpha value is -2.08. The van der Waals surface area contributed by atoms with Crippen LogP contribution in [0.3, 0.4) is 0 Å². The van der Waals surface area contributed by atoms with Gasteiger partial charge < -0.3 is 5.11 Å². The third-order valence-electron chi connectivity index (χ3n) is 2.62. The quantitative estimate of drug-likeness (QED) is 0.874. The van der Waals surface area contributed by atoms with E-state index >= 15 is 0 Å². The minimum atomic E-state index is -1.08. The summed E-state index contributed by atoms with van der Waals surface area (Å²) in [6.45, 7) is 1.84. The second-order valence-corrected chi connectivity index (χ2v) is 4.98. The van der Waals surface area contributed by atoms with Gasteiger partial charge in [-0.2, -0.15) is 0 Å². The van der Waals surface area contributed by atoms with Crippen LogP contribution in [0.4, 0.5) is 8.78 Å². The van der Waals surface area contributed by atoms with Gasteiger partial charge in [0.1, 0.15) is 16.6 Å². The van der Waals surface area contributed by atoms with Gasteiger partial charge in [-0.05, 0) is 24.6 Å². The molecule has 104 valence electrons. The van der Waals surface area contributed by atoms with Crippen molar-refractivity contribution in [3.63, 3.8) is 0 Å². The molecule has 1 aromatic carbocycles. The third-order valence-corrected chi connectivity index (χ3v) is 3.70. The van der Waals surface area contributed by atoms with Crippen LogP contribution in [0.1, 0.15) is 17.5 Å². The Labute approximate surface area is 118 Å². The molecule has 0 unspecified atom stereocenters. The largest absolute Gasteiger partial charge is 0.478 e. The molecule has 3 nitrogen and oxygen atoms in total. The molecule has 1 heterocycles. The summed E-state index contributed by atoms with van der Waals surface area (Å²) >= 11 is 1.07. The average molecular weight is 295 g/mol. The molecular formula is C14H11F2NO2S. The predicted octanol–water partition coefficient (Wildman–Crippen LogP) is 3.75. The molecule has 6 heteroatoms. The van der Waals surface area contributed by atoms with Gasteiger partial charge in [-0.15, -0.1) is 11.3 Å². The lowest BCUT2D eigenvalue weighted by Crippen LogP contribution is -1.90. The fourth-order valence-corrected chi connectivity index (χ4v) is 2.81. The highest BCUT2D eigenvalue weighted by molar-refractivity contribution is 7.16. The van der Waals surface area contributed by atoms with Gasteiger partial charge in [0.25, 0.3) is 0 Å². The third kappa shape index (κ3) is 2.91. The lowest BCUT2D eigenvalue weighted by Gasteiger charge is -1.99. The number of carboxylic acid groups (broad SMARTS) is 1. The summed E-state index contributed by atoms with van der Waals surface area (Å²) in [5.41, 5.74) is 0.437. The van der Waals surface area contributed by atoms with Gasteiger partial charge in [0.05, 0.1) is 16.1 Å². The van der Waals surface area contributed by atoms with Crippen molar-refractivity contribution in [1.82, 2.24) is 4.98 Å². The molecule has 2 rings (SSSR count). The molecule has 0 spiro atoms. The van der Waals surface area contributed by atoms with Gasteiger partial charge in [0.2, 0.25) is 0 Å². The van der Waals surface area contributed by atoms with E-state index in [2.05, 4.69) is 4.98 Å². The van der Waals surface area contributed by atoms with Crippen LogP contribution in [-0.2, 0) is 11.2 Å². The van der Waals surface area contributed by atoms with Crippen LogP contribution in [0.25, 0.3) is 16.6 Å². The van der Waals surface area contributed by atoms with E-state index in [1.807, 2.05) is 6.92 Å². The Balaban J connectivity index is 2.51. The van der Waals surface area contributed by atoms with E-state index in [0.29, 0.717) is 17.0 Å². The molecule has 0 aliphatic rings. The van der Waals surface area contributed by atoms with Gasteiger partial charge in [-0.25, -0.2) is 18.6 Å². The van der Waals surface area contributed by atoms with Crippen LogP contribution < -0.4 is 0 Å². The molecule has 1 N–H and O–H groups in total. The fourth-order valence-electron chi connectivity index (χ4n) is 1.70. The number of carbonyl (C=O) groups is 1.